The summed E-state index contributed by atoms with van der Waals surface area (Å²) in [5, 5.41) is 24.1. The van der Waals surface area contributed by atoms with Crippen molar-refractivity contribution < 1.29 is 19.8 Å². The Labute approximate surface area is 99.4 Å². The Balaban J connectivity index is 2.63. The van der Waals surface area contributed by atoms with E-state index in [1.807, 2.05) is 0 Å². The molecule has 1 saturated heterocycles. The van der Waals surface area contributed by atoms with Crippen molar-refractivity contribution in [3.8, 4) is 0 Å². The van der Waals surface area contributed by atoms with Crippen LogP contribution in [0.2, 0.25) is 0 Å². The number of carboxylic acid groups (broad SMARTS) is 1. The molecule has 7 nitrogen and oxygen atoms in total. The van der Waals surface area contributed by atoms with Gasteiger partial charge in [0.2, 0.25) is 5.91 Å². The Kier molecular flexibility index (Phi) is 4.44. The number of hydrogen-bond acceptors (Lipinski definition) is 5. The Morgan fingerprint density at radius 1 is 1.59 bits per heavy atom. The molecule has 17 heavy (non-hydrogen) atoms. The van der Waals surface area contributed by atoms with Crippen LogP contribution >= 0.6 is 0 Å². The molecule has 1 aliphatic heterocycles. The van der Waals surface area contributed by atoms with Gasteiger partial charge in [0.25, 0.3) is 0 Å². The average Bonchev–Trinajstić information content (AvgIpc) is 2.66. The van der Waals surface area contributed by atoms with Crippen molar-refractivity contribution in [2.45, 2.75) is 37.5 Å². The SMILES string of the molecule is CC(O)C(NCC1(C(=O)O)CCCN1)C(N)=O. The number of carbonyl (C=O) groups excluding carboxylic acids is 1. The van der Waals surface area contributed by atoms with Crippen LogP contribution in [0.25, 0.3) is 0 Å². The fourth-order valence-electron chi connectivity index (χ4n) is 2.01. The Bertz CT molecular complexity index is 300. The van der Waals surface area contributed by atoms with Crippen molar-refractivity contribution in [3.05, 3.63) is 0 Å². The van der Waals surface area contributed by atoms with Crippen LogP contribution in [0.5, 0.6) is 0 Å². The minimum atomic E-state index is -1.07. The zero-order chi connectivity index (χ0) is 13.1. The topological polar surface area (TPSA) is 125 Å². The monoisotopic (exact) mass is 245 g/mol. The predicted octanol–water partition coefficient (Wildman–Crippen LogP) is -1.98. The van der Waals surface area contributed by atoms with Gasteiger partial charge >= 0.3 is 5.97 Å². The highest BCUT2D eigenvalue weighted by Gasteiger charge is 2.41. The Morgan fingerprint density at radius 3 is 2.59 bits per heavy atom. The molecule has 7 heteroatoms. The fourth-order valence-corrected chi connectivity index (χ4v) is 2.01. The smallest absolute Gasteiger partial charge is 0.325 e. The van der Waals surface area contributed by atoms with Gasteiger partial charge in [-0.25, -0.2) is 0 Å². The van der Waals surface area contributed by atoms with E-state index in [4.69, 9.17) is 5.73 Å². The minimum absolute atomic E-state index is 0.0564. The summed E-state index contributed by atoms with van der Waals surface area (Å²) in [4.78, 5) is 22.2. The van der Waals surface area contributed by atoms with Crippen molar-refractivity contribution in [1.29, 1.82) is 0 Å². The average molecular weight is 245 g/mol. The molecule has 0 saturated carbocycles. The molecule has 3 unspecified atom stereocenters. The van der Waals surface area contributed by atoms with Gasteiger partial charge in [-0.05, 0) is 26.3 Å². The third kappa shape index (κ3) is 3.15. The standard InChI is InChI=1S/C10H19N3O4/c1-6(14)7(8(11)15)12-5-10(9(16)17)3-2-4-13-10/h6-7,12-14H,2-5H2,1H3,(H2,11,15)(H,16,17). The third-order valence-electron chi connectivity index (χ3n) is 3.07. The van der Waals surface area contributed by atoms with Gasteiger partial charge in [0, 0.05) is 6.54 Å². The van der Waals surface area contributed by atoms with Crippen molar-refractivity contribution in [2.24, 2.45) is 5.73 Å². The Morgan fingerprint density at radius 2 is 2.24 bits per heavy atom. The maximum absolute atomic E-state index is 11.2. The summed E-state index contributed by atoms with van der Waals surface area (Å²) in [7, 11) is 0. The first kappa shape index (κ1) is 13.9. The van der Waals surface area contributed by atoms with Gasteiger partial charge in [0.1, 0.15) is 11.6 Å². The van der Waals surface area contributed by atoms with Gasteiger partial charge in [-0.2, -0.15) is 0 Å². The molecule has 1 amide bonds. The van der Waals surface area contributed by atoms with E-state index in [-0.39, 0.29) is 6.54 Å². The van der Waals surface area contributed by atoms with Crippen LogP contribution in [0.4, 0.5) is 0 Å². The highest BCUT2D eigenvalue weighted by molar-refractivity contribution is 5.81. The lowest BCUT2D eigenvalue weighted by Gasteiger charge is -2.28. The van der Waals surface area contributed by atoms with Crippen LogP contribution in [0, 0.1) is 0 Å². The molecule has 1 aliphatic rings. The summed E-state index contributed by atoms with van der Waals surface area (Å²) >= 11 is 0. The molecular formula is C10H19N3O4. The van der Waals surface area contributed by atoms with Crippen LogP contribution in [-0.2, 0) is 9.59 Å². The third-order valence-corrected chi connectivity index (χ3v) is 3.07. The number of primary amides is 1. The second-order valence-electron chi connectivity index (χ2n) is 4.42. The van der Waals surface area contributed by atoms with E-state index in [0.717, 1.165) is 6.42 Å². The van der Waals surface area contributed by atoms with Crippen LogP contribution in [0.1, 0.15) is 19.8 Å². The van der Waals surface area contributed by atoms with Crippen LogP contribution in [-0.4, -0.2) is 52.9 Å². The fraction of sp³-hybridized carbons (Fsp3) is 0.800. The molecule has 0 bridgehead atoms. The molecule has 1 fully saturated rings. The van der Waals surface area contributed by atoms with Gasteiger partial charge in [0.15, 0.2) is 0 Å². The molecule has 0 aromatic carbocycles. The number of carboxylic acids is 1. The first-order valence-corrected chi connectivity index (χ1v) is 5.58. The van der Waals surface area contributed by atoms with Crippen molar-refractivity contribution >= 4 is 11.9 Å². The molecule has 3 atom stereocenters. The lowest BCUT2D eigenvalue weighted by atomic mass is 9.97. The van der Waals surface area contributed by atoms with E-state index in [1.54, 1.807) is 0 Å². The number of nitrogens with two attached hydrogens (primary N) is 1. The number of hydrogen-bond donors (Lipinski definition) is 5. The molecule has 1 heterocycles. The van der Waals surface area contributed by atoms with E-state index < -0.39 is 29.6 Å². The maximum Gasteiger partial charge on any atom is 0.325 e. The number of amides is 1. The molecule has 6 N–H and O–H groups in total. The summed E-state index contributed by atoms with van der Waals surface area (Å²) < 4.78 is 0. The predicted molar refractivity (Wildman–Crippen MR) is 60.3 cm³/mol. The molecule has 0 spiro atoms. The highest BCUT2D eigenvalue weighted by atomic mass is 16.4. The molecule has 0 aliphatic carbocycles. The van der Waals surface area contributed by atoms with E-state index in [0.29, 0.717) is 13.0 Å². The van der Waals surface area contributed by atoms with Crippen LogP contribution < -0.4 is 16.4 Å². The van der Waals surface area contributed by atoms with E-state index in [9.17, 15) is 19.8 Å². The molecule has 0 radical (unpaired) electrons. The van der Waals surface area contributed by atoms with Crippen LogP contribution in [0.15, 0.2) is 0 Å². The van der Waals surface area contributed by atoms with E-state index >= 15 is 0 Å². The summed E-state index contributed by atoms with van der Waals surface area (Å²) in [6, 6.07) is -0.936. The number of aliphatic hydroxyl groups is 1. The number of carbonyl (C=O) groups is 2. The van der Waals surface area contributed by atoms with E-state index in [2.05, 4.69) is 10.6 Å². The lowest BCUT2D eigenvalue weighted by Crippen LogP contribution is -2.59. The van der Waals surface area contributed by atoms with Crippen molar-refractivity contribution in [1.82, 2.24) is 10.6 Å². The highest BCUT2D eigenvalue weighted by Crippen LogP contribution is 2.19. The normalized spacial score (nSPS) is 27.6. The van der Waals surface area contributed by atoms with E-state index in [1.165, 1.54) is 6.92 Å². The molecule has 1 rings (SSSR count). The number of nitrogens with one attached hydrogen (secondary N) is 2. The quantitative estimate of drug-likeness (QED) is 0.369. The summed E-state index contributed by atoms with van der Waals surface area (Å²) in [5.74, 6) is -1.66. The van der Waals surface area contributed by atoms with Crippen molar-refractivity contribution in [3.63, 3.8) is 0 Å². The number of aliphatic hydroxyl groups excluding tert-OH is 1. The summed E-state index contributed by atoms with van der Waals surface area (Å²) in [5.41, 5.74) is 4.05. The Hall–Kier alpha value is -1.18. The summed E-state index contributed by atoms with van der Waals surface area (Å²) in [6.07, 6.45) is 0.296. The number of aliphatic carboxylic acids is 1. The maximum atomic E-state index is 11.2. The first-order valence-electron chi connectivity index (χ1n) is 5.58. The number of rotatable bonds is 6. The van der Waals surface area contributed by atoms with Gasteiger partial charge in [-0.15, -0.1) is 0 Å². The van der Waals surface area contributed by atoms with Gasteiger partial charge in [0.05, 0.1) is 6.10 Å². The van der Waals surface area contributed by atoms with Crippen LogP contribution in [0.3, 0.4) is 0 Å². The van der Waals surface area contributed by atoms with Gasteiger partial charge < -0.3 is 26.6 Å². The molecule has 0 aromatic rings. The molecular weight excluding hydrogens is 226 g/mol. The zero-order valence-electron chi connectivity index (χ0n) is 9.77. The second-order valence-corrected chi connectivity index (χ2v) is 4.42. The first-order chi connectivity index (χ1) is 7.89. The van der Waals surface area contributed by atoms with Gasteiger partial charge in [-0.3, -0.25) is 9.59 Å². The van der Waals surface area contributed by atoms with Gasteiger partial charge in [-0.1, -0.05) is 0 Å². The molecule has 98 valence electrons. The minimum Gasteiger partial charge on any atom is -0.480 e. The lowest BCUT2D eigenvalue weighted by molar-refractivity contribution is -0.144. The molecule has 0 aromatic heterocycles. The largest absolute Gasteiger partial charge is 0.480 e. The van der Waals surface area contributed by atoms with Crippen molar-refractivity contribution in [2.75, 3.05) is 13.1 Å². The zero-order valence-corrected chi connectivity index (χ0v) is 9.77. The summed E-state index contributed by atoms with van der Waals surface area (Å²) in [6.45, 7) is 2.11. The second kappa shape index (κ2) is 5.44.